The number of nitrogens with zero attached hydrogens (tertiary/aromatic N) is 2. The summed E-state index contributed by atoms with van der Waals surface area (Å²) in [6.45, 7) is 10.8. The van der Waals surface area contributed by atoms with E-state index in [-0.39, 0.29) is 6.09 Å². The Morgan fingerprint density at radius 3 is 2.23 bits per heavy atom. The van der Waals surface area contributed by atoms with E-state index in [9.17, 15) is 4.79 Å². The Balaban J connectivity index is 1.69. The predicted octanol–water partition coefficient (Wildman–Crippen LogP) is 2.98. The van der Waals surface area contributed by atoms with Crippen molar-refractivity contribution in [3.05, 3.63) is 0 Å². The van der Waals surface area contributed by atoms with Crippen LogP contribution in [0.5, 0.6) is 0 Å². The minimum absolute atomic E-state index is 0.166. The van der Waals surface area contributed by atoms with Crippen molar-refractivity contribution in [3.63, 3.8) is 0 Å². The number of hydrogen-bond acceptors (Lipinski definition) is 3. The lowest BCUT2D eigenvalue weighted by atomic mass is 9.93. The molecule has 0 unspecified atom stereocenters. The standard InChI is InChI=1S/C18H30N2O2/c1-5-15-6-10-19(11-7-15)14-16-8-12-20(13-9-16)17(21)22-18(2,3)4/h1,15-16H,6-14H2,2-4H3. The van der Waals surface area contributed by atoms with Crippen molar-refractivity contribution in [1.29, 1.82) is 0 Å². The lowest BCUT2D eigenvalue weighted by Gasteiger charge is -2.37. The SMILES string of the molecule is C#CC1CCN(CC2CCN(C(=O)OC(C)(C)C)CC2)CC1. The molecule has 4 heteroatoms. The van der Waals surface area contributed by atoms with E-state index in [4.69, 9.17) is 11.2 Å². The Bertz CT molecular complexity index is 406. The van der Waals surface area contributed by atoms with E-state index in [1.54, 1.807) is 0 Å². The van der Waals surface area contributed by atoms with E-state index in [0.717, 1.165) is 58.4 Å². The van der Waals surface area contributed by atoms with Crippen LogP contribution in [0.1, 0.15) is 46.5 Å². The predicted molar refractivity (Wildman–Crippen MR) is 88.5 cm³/mol. The van der Waals surface area contributed by atoms with Gasteiger partial charge in [-0.25, -0.2) is 4.79 Å². The molecular formula is C18H30N2O2. The first kappa shape index (κ1) is 17.1. The third-order valence-electron chi connectivity index (χ3n) is 4.61. The summed E-state index contributed by atoms with van der Waals surface area (Å²) in [5.41, 5.74) is -0.407. The average Bonchev–Trinajstić information content (AvgIpc) is 2.47. The van der Waals surface area contributed by atoms with E-state index < -0.39 is 5.60 Å². The highest BCUT2D eigenvalue weighted by Gasteiger charge is 2.28. The first-order valence-electron chi connectivity index (χ1n) is 8.54. The van der Waals surface area contributed by atoms with Gasteiger partial charge in [-0.15, -0.1) is 12.3 Å². The molecule has 2 saturated heterocycles. The quantitative estimate of drug-likeness (QED) is 0.735. The van der Waals surface area contributed by atoms with E-state index in [1.807, 2.05) is 25.7 Å². The molecule has 0 atom stereocenters. The summed E-state index contributed by atoms with van der Waals surface area (Å²) < 4.78 is 5.44. The molecule has 0 bridgehead atoms. The van der Waals surface area contributed by atoms with Crippen molar-refractivity contribution in [2.24, 2.45) is 11.8 Å². The Kier molecular flexibility index (Phi) is 5.74. The zero-order chi connectivity index (χ0) is 16.2. The van der Waals surface area contributed by atoms with Crippen LogP contribution in [-0.4, -0.2) is 54.2 Å². The number of rotatable bonds is 2. The fraction of sp³-hybridized carbons (Fsp3) is 0.833. The molecule has 1 amide bonds. The van der Waals surface area contributed by atoms with Gasteiger partial charge in [0.25, 0.3) is 0 Å². The number of amides is 1. The summed E-state index contributed by atoms with van der Waals surface area (Å²) >= 11 is 0. The maximum atomic E-state index is 12.1. The summed E-state index contributed by atoms with van der Waals surface area (Å²) in [4.78, 5) is 16.5. The van der Waals surface area contributed by atoms with Crippen LogP contribution in [-0.2, 0) is 4.74 Å². The van der Waals surface area contributed by atoms with Gasteiger partial charge >= 0.3 is 6.09 Å². The number of ether oxygens (including phenoxy) is 1. The normalized spacial score (nSPS) is 22.4. The molecule has 0 spiro atoms. The second kappa shape index (κ2) is 7.37. The zero-order valence-electron chi connectivity index (χ0n) is 14.3. The van der Waals surface area contributed by atoms with Crippen LogP contribution in [0.3, 0.4) is 0 Å². The third-order valence-corrected chi connectivity index (χ3v) is 4.61. The van der Waals surface area contributed by atoms with Gasteiger partial charge in [0.2, 0.25) is 0 Å². The molecule has 4 nitrogen and oxygen atoms in total. The van der Waals surface area contributed by atoms with Crippen molar-refractivity contribution >= 4 is 6.09 Å². The van der Waals surface area contributed by atoms with Gasteiger partial charge in [0.05, 0.1) is 0 Å². The fourth-order valence-electron chi connectivity index (χ4n) is 3.27. The van der Waals surface area contributed by atoms with Gasteiger partial charge in [-0.05, 0) is 65.5 Å². The maximum Gasteiger partial charge on any atom is 0.410 e. The molecule has 0 saturated carbocycles. The third kappa shape index (κ3) is 5.21. The topological polar surface area (TPSA) is 32.8 Å². The van der Waals surface area contributed by atoms with Crippen molar-refractivity contribution in [1.82, 2.24) is 9.80 Å². The van der Waals surface area contributed by atoms with Crippen LogP contribution in [0.4, 0.5) is 4.79 Å². The molecule has 2 aliphatic rings. The summed E-state index contributed by atoms with van der Waals surface area (Å²) in [6, 6.07) is 0. The van der Waals surface area contributed by atoms with Crippen LogP contribution in [0.15, 0.2) is 0 Å². The van der Waals surface area contributed by atoms with Crippen LogP contribution < -0.4 is 0 Å². The van der Waals surface area contributed by atoms with Crippen LogP contribution in [0.2, 0.25) is 0 Å². The highest BCUT2D eigenvalue weighted by Crippen LogP contribution is 2.23. The summed E-state index contributed by atoms with van der Waals surface area (Å²) in [6.07, 6.45) is 9.76. The smallest absolute Gasteiger partial charge is 0.410 e. The maximum absolute atomic E-state index is 12.1. The molecule has 2 heterocycles. The monoisotopic (exact) mass is 306 g/mol. The molecule has 22 heavy (non-hydrogen) atoms. The van der Waals surface area contributed by atoms with Crippen molar-refractivity contribution in [2.75, 3.05) is 32.7 Å². The number of carbonyl (C=O) groups excluding carboxylic acids is 1. The molecule has 2 fully saturated rings. The van der Waals surface area contributed by atoms with Gasteiger partial charge in [-0.3, -0.25) is 0 Å². The number of carbonyl (C=O) groups is 1. The van der Waals surface area contributed by atoms with Crippen molar-refractivity contribution < 1.29 is 9.53 Å². The molecule has 0 aromatic carbocycles. The average molecular weight is 306 g/mol. The molecule has 0 aromatic rings. The van der Waals surface area contributed by atoms with E-state index in [1.165, 1.54) is 0 Å². The first-order valence-corrected chi connectivity index (χ1v) is 8.54. The largest absolute Gasteiger partial charge is 0.444 e. The van der Waals surface area contributed by atoms with Crippen LogP contribution >= 0.6 is 0 Å². The van der Waals surface area contributed by atoms with E-state index in [0.29, 0.717) is 11.8 Å². The number of piperidine rings is 2. The fourth-order valence-corrected chi connectivity index (χ4v) is 3.27. The second-order valence-corrected chi connectivity index (χ2v) is 7.65. The number of likely N-dealkylation sites (tertiary alicyclic amines) is 2. The lowest BCUT2D eigenvalue weighted by molar-refractivity contribution is 0.0165. The molecule has 0 aromatic heterocycles. The van der Waals surface area contributed by atoms with Crippen LogP contribution in [0.25, 0.3) is 0 Å². The van der Waals surface area contributed by atoms with Gasteiger partial charge in [-0.1, -0.05) is 0 Å². The van der Waals surface area contributed by atoms with E-state index in [2.05, 4.69) is 10.8 Å². The van der Waals surface area contributed by atoms with Gasteiger partial charge < -0.3 is 14.5 Å². The molecule has 0 aliphatic carbocycles. The summed E-state index contributed by atoms with van der Waals surface area (Å²) in [5, 5.41) is 0. The van der Waals surface area contributed by atoms with E-state index >= 15 is 0 Å². The number of terminal acetylenes is 1. The molecule has 2 aliphatic heterocycles. The van der Waals surface area contributed by atoms with Gasteiger partial charge in [0.1, 0.15) is 5.60 Å². The highest BCUT2D eigenvalue weighted by atomic mass is 16.6. The van der Waals surface area contributed by atoms with Gasteiger partial charge in [0, 0.05) is 25.6 Å². The minimum atomic E-state index is -0.407. The second-order valence-electron chi connectivity index (χ2n) is 7.65. The first-order chi connectivity index (χ1) is 10.4. The Hall–Kier alpha value is -1.21. The zero-order valence-corrected chi connectivity index (χ0v) is 14.3. The Morgan fingerprint density at radius 2 is 1.73 bits per heavy atom. The van der Waals surface area contributed by atoms with Gasteiger partial charge in [0.15, 0.2) is 0 Å². The summed E-state index contributed by atoms with van der Waals surface area (Å²) in [5.74, 6) is 4.05. The van der Waals surface area contributed by atoms with Crippen LogP contribution in [0, 0.1) is 24.2 Å². The molecular weight excluding hydrogens is 276 g/mol. The van der Waals surface area contributed by atoms with Crippen molar-refractivity contribution in [2.45, 2.75) is 52.1 Å². The van der Waals surface area contributed by atoms with Crippen molar-refractivity contribution in [3.8, 4) is 12.3 Å². The highest BCUT2D eigenvalue weighted by molar-refractivity contribution is 5.68. The molecule has 124 valence electrons. The van der Waals surface area contributed by atoms with Gasteiger partial charge in [-0.2, -0.15) is 0 Å². The minimum Gasteiger partial charge on any atom is -0.444 e. The molecule has 0 radical (unpaired) electrons. The Morgan fingerprint density at radius 1 is 1.14 bits per heavy atom. The molecule has 2 rings (SSSR count). The molecule has 0 N–H and O–H groups in total. The summed E-state index contributed by atoms with van der Waals surface area (Å²) in [7, 11) is 0. The Labute approximate surface area is 135 Å². The number of hydrogen-bond donors (Lipinski definition) is 0. The lowest BCUT2D eigenvalue weighted by Crippen LogP contribution is -2.44.